The lowest BCUT2D eigenvalue weighted by Crippen LogP contribution is -2.07. The van der Waals surface area contributed by atoms with Crippen LogP contribution in [0.15, 0.2) is 54.6 Å². The normalized spacial score (nSPS) is 16.6. The molecular weight excluding hydrogens is 376 g/mol. The third kappa shape index (κ3) is 2.75. The number of allylic oxidation sites excluding steroid dienone is 2. The van der Waals surface area contributed by atoms with Crippen molar-refractivity contribution in [3.63, 3.8) is 0 Å². The second kappa shape index (κ2) is 7.13. The van der Waals surface area contributed by atoms with Crippen molar-refractivity contribution in [3.8, 4) is 23.0 Å². The van der Waals surface area contributed by atoms with Gasteiger partial charge in [-0.15, -0.1) is 0 Å². The number of ether oxygens (including phenoxy) is 3. The van der Waals surface area contributed by atoms with Crippen molar-refractivity contribution < 1.29 is 19.3 Å². The Labute approximate surface area is 176 Å². The molecule has 0 heterocycles. The van der Waals surface area contributed by atoms with E-state index < -0.39 is 0 Å². The fourth-order valence-electron chi connectivity index (χ4n) is 4.91. The lowest BCUT2D eigenvalue weighted by atomic mass is 9.79. The van der Waals surface area contributed by atoms with Crippen molar-refractivity contribution in [3.05, 3.63) is 82.4 Å². The monoisotopic (exact) mass is 400 g/mol. The highest BCUT2D eigenvalue weighted by Crippen LogP contribution is 2.57. The van der Waals surface area contributed by atoms with Crippen molar-refractivity contribution in [1.82, 2.24) is 0 Å². The first-order valence-corrected chi connectivity index (χ1v) is 10.1. The molecule has 4 heteroatoms. The van der Waals surface area contributed by atoms with E-state index in [1.54, 1.807) is 33.5 Å². The summed E-state index contributed by atoms with van der Waals surface area (Å²) in [5.41, 5.74) is 8.71. The van der Waals surface area contributed by atoms with Gasteiger partial charge in [-0.2, -0.15) is 0 Å². The molecule has 30 heavy (non-hydrogen) atoms. The van der Waals surface area contributed by atoms with E-state index in [2.05, 4.69) is 18.2 Å². The predicted molar refractivity (Wildman–Crippen MR) is 118 cm³/mol. The Hall–Kier alpha value is -3.40. The Morgan fingerprint density at radius 3 is 2.23 bits per heavy atom. The summed E-state index contributed by atoms with van der Waals surface area (Å²) < 4.78 is 16.9. The number of phenols is 1. The minimum atomic E-state index is 0.0314. The lowest BCUT2D eigenvalue weighted by molar-refractivity contribution is 0.391. The zero-order chi connectivity index (χ0) is 20.8. The van der Waals surface area contributed by atoms with Gasteiger partial charge in [-0.3, -0.25) is 0 Å². The molecule has 0 spiro atoms. The molecule has 0 bridgehead atoms. The van der Waals surface area contributed by atoms with Crippen LogP contribution in [0.25, 0.3) is 11.1 Å². The topological polar surface area (TPSA) is 47.9 Å². The Kier molecular flexibility index (Phi) is 4.43. The summed E-state index contributed by atoms with van der Waals surface area (Å²) >= 11 is 0. The van der Waals surface area contributed by atoms with Gasteiger partial charge >= 0.3 is 0 Å². The Bertz CT molecular complexity index is 1160. The number of hydrogen-bond acceptors (Lipinski definition) is 4. The van der Waals surface area contributed by atoms with Gasteiger partial charge in [-0.05, 0) is 76.6 Å². The number of benzene rings is 3. The largest absolute Gasteiger partial charge is 0.508 e. The fraction of sp³-hybridized carbons (Fsp3) is 0.231. The van der Waals surface area contributed by atoms with Crippen molar-refractivity contribution in [1.29, 1.82) is 0 Å². The van der Waals surface area contributed by atoms with Gasteiger partial charge in [0.25, 0.3) is 0 Å². The molecule has 0 radical (unpaired) electrons. The van der Waals surface area contributed by atoms with E-state index >= 15 is 0 Å². The fourth-order valence-corrected chi connectivity index (χ4v) is 4.91. The van der Waals surface area contributed by atoms with Gasteiger partial charge in [-0.1, -0.05) is 18.2 Å². The molecular formula is C26H24O4. The third-order valence-electron chi connectivity index (χ3n) is 6.27. The zero-order valence-electron chi connectivity index (χ0n) is 17.4. The highest BCUT2D eigenvalue weighted by atomic mass is 16.5. The Balaban J connectivity index is 1.79. The highest BCUT2D eigenvalue weighted by Gasteiger charge is 2.38. The molecule has 0 fully saturated rings. The van der Waals surface area contributed by atoms with E-state index in [0.29, 0.717) is 0 Å². The Morgan fingerprint density at radius 1 is 0.767 bits per heavy atom. The molecule has 5 rings (SSSR count). The van der Waals surface area contributed by atoms with E-state index in [1.165, 1.54) is 27.8 Å². The second-order valence-electron chi connectivity index (χ2n) is 7.73. The van der Waals surface area contributed by atoms with Gasteiger partial charge in [0.05, 0.1) is 21.3 Å². The van der Waals surface area contributed by atoms with Crippen molar-refractivity contribution in [2.24, 2.45) is 0 Å². The summed E-state index contributed by atoms with van der Waals surface area (Å²) in [6, 6.07) is 17.9. The number of fused-ring (bicyclic) bond motifs is 4. The summed E-state index contributed by atoms with van der Waals surface area (Å²) in [4.78, 5) is 0. The molecule has 3 aromatic carbocycles. The molecule has 0 amide bonds. The number of aryl methyl sites for hydroxylation is 1. The number of hydrogen-bond donors (Lipinski definition) is 1. The first-order valence-electron chi connectivity index (χ1n) is 10.1. The molecule has 2 aliphatic carbocycles. The van der Waals surface area contributed by atoms with Crippen LogP contribution in [0.1, 0.15) is 40.2 Å². The van der Waals surface area contributed by atoms with Crippen LogP contribution in [0, 0.1) is 0 Å². The number of aromatic hydroxyl groups is 1. The van der Waals surface area contributed by atoms with Crippen molar-refractivity contribution in [2.45, 2.75) is 18.8 Å². The molecule has 1 atom stereocenters. The van der Waals surface area contributed by atoms with Crippen LogP contribution in [0.5, 0.6) is 23.0 Å². The molecule has 0 saturated heterocycles. The smallest absolute Gasteiger partial charge is 0.127 e. The minimum Gasteiger partial charge on any atom is -0.508 e. The number of phenolic OH excluding ortho intramolecular Hbond substituents is 1. The van der Waals surface area contributed by atoms with Crippen LogP contribution < -0.4 is 14.2 Å². The standard InChI is InChI=1S/C26H24O4/c1-28-18-9-11-20-16(12-18)6-10-21-22-13-19(29-2)14-23(30-3)26(22)24(25(20)21)15-4-7-17(27)8-5-15/h4-5,7-9,11-14,24,27H,6,10H2,1-3H3. The van der Waals surface area contributed by atoms with E-state index in [-0.39, 0.29) is 11.7 Å². The molecule has 0 aromatic heterocycles. The lowest BCUT2D eigenvalue weighted by Gasteiger charge is -2.25. The summed E-state index contributed by atoms with van der Waals surface area (Å²) in [6.45, 7) is 0. The zero-order valence-corrected chi connectivity index (χ0v) is 17.4. The van der Waals surface area contributed by atoms with Crippen molar-refractivity contribution >= 4 is 11.1 Å². The first-order chi connectivity index (χ1) is 14.6. The van der Waals surface area contributed by atoms with Gasteiger partial charge in [0.2, 0.25) is 0 Å². The molecule has 1 N–H and O–H groups in total. The second-order valence-corrected chi connectivity index (χ2v) is 7.73. The van der Waals surface area contributed by atoms with Crippen LogP contribution in [-0.4, -0.2) is 26.4 Å². The van der Waals surface area contributed by atoms with E-state index in [0.717, 1.165) is 41.2 Å². The van der Waals surface area contributed by atoms with E-state index in [1.807, 2.05) is 24.3 Å². The van der Waals surface area contributed by atoms with Gasteiger partial charge in [0, 0.05) is 17.5 Å². The molecule has 1 unspecified atom stereocenters. The number of methoxy groups -OCH3 is 3. The summed E-state index contributed by atoms with van der Waals surface area (Å²) in [6.07, 6.45) is 1.92. The van der Waals surface area contributed by atoms with Gasteiger partial charge in [-0.25, -0.2) is 0 Å². The van der Waals surface area contributed by atoms with E-state index in [9.17, 15) is 5.11 Å². The van der Waals surface area contributed by atoms with Gasteiger partial charge in [0.1, 0.15) is 23.0 Å². The van der Waals surface area contributed by atoms with E-state index in [4.69, 9.17) is 14.2 Å². The molecule has 152 valence electrons. The maximum atomic E-state index is 9.84. The van der Waals surface area contributed by atoms with Gasteiger partial charge in [0.15, 0.2) is 0 Å². The summed E-state index contributed by atoms with van der Waals surface area (Å²) in [5.74, 6) is 2.80. The molecule has 4 nitrogen and oxygen atoms in total. The first kappa shape index (κ1) is 18.6. The average molecular weight is 400 g/mol. The number of rotatable bonds is 4. The molecule has 0 aliphatic heterocycles. The third-order valence-corrected chi connectivity index (χ3v) is 6.27. The van der Waals surface area contributed by atoms with Crippen LogP contribution in [0.2, 0.25) is 0 Å². The predicted octanol–water partition coefficient (Wildman–Crippen LogP) is 5.42. The summed E-state index contributed by atoms with van der Waals surface area (Å²) in [5, 5.41) is 9.84. The minimum absolute atomic E-state index is 0.0314. The SMILES string of the molecule is COc1ccc2c(c1)CCC1=C2C(c2ccc(O)cc2)c2c(OC)cc(OC)cc21. The van der Waals surface area contributed by atoms with Crippen molar-refractivity contribution in [2.75, 3.05) is 21.3 Å². The summed E-state index contributed by atoms with van der Waals surface area (Å²) in [7, 11) is 5.10. The van der Waals surface area contributed by atoms with Crippen LogP contribution in [0.3, 0.4) is 0 Å². The quantitative estimate of drug-likeness (QED) is 0.635. The Morgan fingerprint density at radius 2 is 1.53 bits per heavy atom. The average Bonchev–Trinajstić information content (AvgIpc) is 3.13. The highest BCUT2D eigenvalue weighted by molar-refractivity contribution is 6.04. The molecule has 2 aliphatic rings. The van der Waals surface area contributed by atoms with Crippen LogP contribution in [-0.2, 0) is 6.42 Å². The van der Waals surface area contributed by atoms with Gasteiger partial charge < -0.3 is 19.3 Å². The maximum absolute atomic E-state index is 9.84. The van der Waals surface area contributed by atoms with Crippen LogP contribution in [0.4, 0.5) is 0 Å². The molecule has 0 saturated carbocycles. The molecule has 3 aromatic rings. The maximum Gasteiger partial charge on any atom is 0.127 e. The van der Waals surface area contributed by atoms with Crippen LogP contribution >= 0.6 is 0 Å².